The molecule has 0 saturated heterocycles. The van der Waals surface area contributed by atoms with Crippen molar-refractivity contribution < 1.29 is 0 Å². The molecule has 94 valence electrons. The average molecular weight is 244 g/mol. The molecule has 0 aliphatic carbocycles. The molecule has 0 fully saturated rings. The zero-order chi connectivity index (χ0) is 12.8. The van der Waals surface area contributed by atoms with E-state index in [1.54, 1.807) is 18.6 Å². The van der Waals surface area contributed by atoms with Crippen LogP contribution in [0.4, 0.5) is 11.8 Å². The molecule has 2 aromatic rings. The van der Waals surface area contributed by atoms with Gasteiger partial charge in [0.15, 0.2) is 5.82 Å². The van der Waals surface area contributed by atoms with Crippen LogP contribution in [0.1, 0.15) is 19.4 Å². The minimum Gasteiger partial charge on any atom is -0.366 e. The van der Waals surface area contributed by atoms with Gasteiger partial charge in [-0.15, -0.1) is 5.10 Å². The molecule has 2 N–H and O–H groups in total. The van der Waals surface area contributed by atoms with Gasteiger partial charge in [0.05, 0.1) is 6.20 Å². The highest BCUT2D eigenvalue weighted by atomic mass is 15.3. The van der Waals surface area contributed by atoms with E-state index in [-0.39, 0.29) is 0 Å². The maximum Gasteiger partial charge on any atom is 0.244 e. The van der Waals surface area contributed by atoms with Crippen molar-refractivity contribution >= 4 is 11.8 Å². The molecule has 0 aliphatic rings. The van der Waals surface area contributed by atoms with Crippen LogP contribution >= 0.6 is 0 Å². The lowest BCUT2D eigenvalue weighted by Gasteiger charge is -2.09. The van der Waals surface area contributed by atoms with Gasteiger partial charge in [-0.3, -0.25) is 4.98 Å². The van der Waals surface area contributed by atoms with Gasteiger partial charge in [-0.1, -0.05) is 0 Å². The minimum atomic E-state index is 0.315. The van der Waals surface area contributed by atoms with Crippen LogP contribution in [0.3, 0.4) is 0 Å². The summed E-state index contributed by atoms with van der Waals surface area (Å²) in [5, 5.41) is 14.1. The fourth-order valence-electron chi connectivity index (χ4n) is 1.43. The standard InChI is InChI=1S/C12H16N6/c1-9(2)16-11-8-15-18-12(17-11)14-7-10-3-5-13-6-4-10/h3-6,8-9H,7H2,1-2H3,(H2,14,16,17,18). The van der Waals surface area contributed by atoms with Gasteiger partial charge < -0.3 is 10.6 Å². The van der Waals surface area contributed by atoms with Crippen LogP contribution in [0.2, 0.25) is 0 Å². The first-order valence-electron chi connectivity index (χ1n) is 5.83. The van der Waals surface area contributed by atoms with E-state index in [9.17, 15) is 0 Å². The van der Waals surface area contributed by atoms with Crippen LogP contribution in [0.25, 0.3) is 0 Å². The molecule has 2 rings (SSSR count). The van der Waals surface area contributed by atoms with Crippen molar-refractivity contribution in [1.82, 2.24) is 20.2 Å². The van der Waals surface area contributed by atoms with E-state index < -0.39 is 0 Å². The molecule has 0 bridgehead atoms. The highest BCUT2D eigenvalue weighted by Crippen LogP contribution is 2.06. The first-order chi connectivity index (χ1) is 8.74. The Kier molecular flexibility index (Phi) is 4.01. The third-order valence-electron chi connectivity index (χ3n) is 2.20. The smallest absolute Gasteiger partial charge is 0.244 e. The van der Waals surface area contributed by atoms with Gasteiger partial charge in [-0.2, -0.15) is 10.1 Å². The Morgan fingerprint density at radius 3 is 2.72 bits per heavy atom. The number of anilines is 2. The van der Waals surface area contributed by atoms with Crippen LogP contribution < -0.4 is 10.6 Å². The third kappa shape index (κ3) is 3.65. The summed E-state index contributed by atoms with van der Waals surface area (Å²) in [5.74, 6) is 1.23. The second-order valence-electron chi connectivity index (χ2n) is 4.17. The Hall–Kier alpha value is -2.24. The maximum absolute atomic E-state index is 4.32. The summed E-state index contributed by atoms with van der Waals surface area (Å²) in [6.45, 7) is 4.74. The van der Waals surface area contributed by atoms with Gasteiger partial charge in [0.1, 0.15) is 0 Å². The van der Waals surface area contributed by atoms with Gasteiger partial charge in [-0.25, -0.2) is 0 Å². The molecule has 0 aromatic carbocycles. The number of nitrogens with one attached hydrogen (secondary N) is 2. The first kappa shape index (κ1) is 12.2. The van der Waals surface area contributed by atoms with E-state index in [4.69, 9.17) is 0 Å². The summed E-state index contributed by atoms with van der Waals surface area (Å²) >= 11 is 0. The van der Waals surface area contributed by atoms with Crippen molar-refractivity contribution in [2.75, 3.05) is 10.6 Å². The lowest BCUT2D eigenvalue weighted by molar-refractivity contribution is 0.868. The monoisotopic (exact) mass is 244 g/mol. The molecule has 0 unspecified atom stereocenters. The van der Waals surface area contributed by atoms with Crippen molar-refractivity contribution in [2.24, 2.45) is 0 Å². The molecule has 2 heterocycles. The predicted molar refractivity (Wildman–Crippen MR) is 70.1 cm³/mol. The Morgan fingerprint density at radius 1 is 1.22 bits per heavy atom. The summed E-state index contributed by atoms with van der Waals surface area (Å²) in [7, 11) is 0. The molecule has 18 heavy (non-hydrogen) atoms. The fraction of sp³-hybridized carbons (Fsp3) is 0.333. The molecular weight excluding hydrogens is 228 g/mol. The minimum absolute atomic E-state index is 0.315. The molecule has 2 aromatic heterocycles. The molecular formula is C12H16N6. The molecule has 0 aliphatic heterocycles. The van der Waals surface area contributed by atoms with E-state index in [1.807, 2.05) is 26.0 Å². The van der Waals surface area contributed by atoms with Crippen molar-refractivity contribution in [3.8, 4) is 0 Å². The normalized spacial score (nSPS) is 10.4. The summed E-state index contributed by atoms with van der Waals surface area (Å²) in [5.41, 5.74) is 1.12. The zero-order valence-electron chi connectivity index (χ0n) is 10.5. The second kappa shape index (κ2) is 5.90. The van der Waals surface area contributed by atoms with Crippen LogP contribution in [0, 0.1) is 0 Å². The van der Waals surface area contributed by atoms with E-state index in [1.165, 1.54) is 0 Å². The van der Waals surface area contributed by atoms with E-state index >= 15 is 0 Å². The Balaban J connectivity index is 1.97. The molecule has 0 amide bonds. The Labute approximate surface area is 106 Å². The summed E-state index contributed by atoms with van der Waals surface area (Å²) < 4.78 is 0. The van der Waals surface area contributed by atoms with Crippen molar-refractivity contribution in [3.05, 3.63) is 36.3 Å². The van der Waals surface area contributed by atoms with Crippen molar-refractivity contribution in [2.45, 2.75) is 26.4 Å². The second-order valence-corrected chi connectivity index (χ2v) is 4.17. The maximum atomic E-state index is 4.32. The van der Waals surface area contributed by atoms with Gasteiger partial charge in [-0.05, 0) is 31.5 Å². The lowest BCUT2D eigenvalue weighted by Crippen LogP contribution is -2.13. The van der Waals surface area contributed by atoms with Crippen LogP contribution in [-0.4, -0.2) is 26.2 Å². The average Bonchev–Trinajstić information content (AvgIpc) is 2.37. The fourth-order valence-corrected chi connectivity index (χ4v) is 1.43. The van der Waals surface area contributed by atoms with Gasteiger partial charge in [0.25, 0.3) is 0 Å². The number of aromatic nitrogens is 4. The highest BCUT2D eigenvalue weighted by molar-refractivity contribution is 5.37. The largest absolute Gasteiger partial charge is 0.366 e. The number of pyridine rings is 1. The number of rotatable bonds is 5. The summed E-state index contributed by atoms with van der Waals surface area (Å²) in [6, 6.07) is 4.20. The summed E-state index contributed by atoms with van der Waals surface area (Å²) in [4.78, 5) is 8.28. The summed E-state index contributed by atoms with van der Waals surface area (Å²) in [6.07, 6.45) is 5.12. The van der Waals surface area contributed by atoms with E-state index in [2.05, 4.69) is 30.8 Å². The van der Waals surface area contributed by atoms with E-state index in [0.29, 0.717) is 18.5 Å². The zero-order valence-corrected chi connectivity index (χ0v) is 10.5. The van der Waals surface area contributed by atoms with Gasteiger partial charge in [0.2, 0.25) is 5.95 Å². The predicted octanol–water partition coefficient (Wildman–Crippen LogP) is 1.70. The molecule has 0 spiro atoms. The van der Waals surface area contributed by atoms with Crippen molar-refractivity contribution in [1.29, 1.82) is 0 Å². The van der Waals surface area contributed by atoms with Crippen LogP contribution in [-0.2, 0) is 6.54 Å². The number of nitrogens with zero attached hydrogens (tertiary/aromatic N) is 4. The molecule has 6 heteroatoms. The Bertz CT molecular complexity index is 485. The quantitative estimate of drug-likeness (QED) is 0.833. The first-order valence-corrected chi connectivity index (χ1v) is 5.83. The van der Waals surface area contributed by atoms with Crippen LogP contribution in [0.15, 0.2) is 30.7 Å². The van der Waals surface area contributed by atoms with Gasteiger partial charge in [0, 0.05) is 25.0 Å². The molecule has 0 saturated carbocycles. The van der Waals surface area contributed by atoms with Gasteiger partial charge >= 0.3 is 0 Å². The SMILES string of the molecule is CC(C)Nc1cnnc(NCc2ccncc2)n1. The Morgan fingerprint density at radius 2 is 2.00 bits per heavy atom. The topological polar surface area (TPSA) is 75.6 Å². The number of hydrogen-bond acceptors (Lipinski definition) is 6. The lowest BCUT2D eigenvalue weighted by atomic mass is 10.3. The molecule has 0 atom stereocenters. The third-order valence-corrected chi connectivity index (χ3v) is 2.20. The molecule has 0 radical (unpaired) electrons. The van der Waals surface area contributed by atoms with Crippen molar-refractivity contribution in [3.63, 3.8) is 0 Å². The number of hydrogen-bond donors (Lipinski definition) is 2. The van der Waals surface area contributed by atoms with Crippen LogP contribution in [0.5, 0.6) is 0 Å². The van der Waals surface area contributed by atoms with E-state index in [0.717, 1.165) is 11.4 Å². The molecule has 6 nitrogen and oxygen atoms in total. The highest BCUT2D eigenvalue weighted by Gasteiger charge is 2.01.